The van der Waals surface area contributed by atoms with Crippen LogP contribution >= 0.6 is 15.9 Å². The maximum absolute atomic E-state index is 12.4. The fraction of sp³-hybridized carbons (Fsp3) is 0.562. The summed E-state index contributed by atoms with van der Waals surface area (Å²) >= 11 is 3.44. The Morgan fingerprint density at radius 1 is 1.43 bits per heavy atom. The Bertz CT molecular complexity index is 505. The molecule has 1 aliphatic heterocycles. The Hall–Kier alpha value is -1.07. The summed E-state index contributed by atoms with van der Waals surface area (Å²) in [6.07, 6.45) is 1.05. The maximum Gasteiger partial charge on any atom is 0.251 e. The van der Waals surface area contributed by atoms with Crippen molar-refractivity contribution in [3.63, 3.8) is 0 Å². The molecule has 21 heavy (non-hydrogen) atoms. The van der Waals surface area contributed by atoms with Gasteiger partial charge in [0.1, 0.15) is 5.75 Å². The highest BCUT2D eigenvalue weighted by Gasteiger charge is 2.23. The minimum Gasteiger partial charge on any atom is -0.491 e. The van der Waals surface area contributed by atoms with Crippen LogP contribution in [0.3, 0.4) is 0 Å². The van der Waals surface area contributed by atoms with Gasteiger partial charge in [-0.05, 0) is 57.5 Å². The summed E-state index contributed by atoms with van der Waals surface area (Å²) in [6, 6.07) is 5.73. The third kappa shape index (κ3) is 4.71. The van der Waals surface area contributed by atoms with E-state index in [4.69, 9.17) is 4.74 Å². The minimum absolute atomic E-state index is 0.0383. The van der Waals surface area contributed by atoms with Gasteiger partial charge in [0, 0.05) is 16.1 Å². The van der Waals surface area contributed by atoms with E-state index in [0.29, 0.717) is 17.2 Å². The lowest BCUT2D eigenvalue weighted by Gasteiger charge is -2.30. The van der Waals surface area contributed by atoms with Gasteiger partial charge >= 0.3 is 0 Å². The lowest BCUT2D eigenvalue weighted by atomic mass is 9.95. The van der Waals surface area contributed by atoms with Crippen LogP contribution in [-0.2, 0) is 0 Å². The first kappa shape index (κ1) is 16.3. The quantitative estimate of drug-likeness (QED) is 0.873. The van der Waals surface area contributed by atoms with Crippen molar-refractivity contribution in [1.29, 1.82) is 0 Å². The molecular weight excluding hydrogens is 332 g/mol. The third-order valence-electron chi connectivity index (χ3n) is 3.61. The molecule has 2 atom stereocenters. The summed E-state index contributed by atoms with van der Waals surface area (Å²) in [5.74, 6) is 1.12. The number of halogens is 1. The van der Waals surface area contributed by atoms with Gasteiger partial charge in [-0.3, -0.25) is 4.79 Å². The van der Waals surface area contributed by atoms with E-state index in [2.05, 4.69) is 33.5 Å². The molecule has 116 valence electrons. The molecule has 0 radical (unpaired) electrons. The van der Waals surface area contributed by atoms with E-state index >= 15 is 0 Å². The summed E-state index contributed by atoms with van der Waals surface area (Å²) < 4.78 is 6.53. The standard InChI is InChI=1S/C16H23BrN2O2/c1-10(2)21-14-7-12(6-13(17)8-14)16(20)19-15-4-5-18-9-11(15)3/h6-8,10-11,15,18H,4-5,9H2,1-3H3,(H,19,20). The van der Waals surface area contributed by atoms with Crippen molar-refractivity contribution in [3.05, 3.63) is 28.2 Å². The van der Waals surface area contributed by atoms with Gasteiger partial charge in [0.25, 0.3) is 5.91 Å². The highest BCUT2D eigenvalue weighted by Crippen LogP contribution is 2.23. The molecule has 1 aromatic rings. The number of rotatable bonds is 4. The summed E-state index contributed by atoms with van der Waals surface area (Å²) in [7, 11) is 0. The number of benzene rings is 1. The van der Waals surface area contributed by atoms with Gasteiger partial charge < -0.3 is 15.4 Å². The number of hydrogen-bond acceptors (Lipinski definition) is 3. The van der Waals surface area contributed by atoms with Gasteiger partial charge in [0.05, 0.1) is 6.10 Å². The van der Waals surface area contributed by atoms with Gasteiger partial charge in [-0.25, -0.2) is 0 Å². The zero-order valence-corrected chi connectivity index (χ0v) is 14.4. The SMILES string of the molecule is CC(C)Oc1cc(Br)cc(C(=O)NC2CCNCC2C)c1. The Morgan fingerprint density at radius 3 is 2.86 bits per heavy atom. The molecule has 1 amide bonds. The highest BCUT2D eigenvalue weighted by molar-refractivity contribution is 9.10. The lowest BCUT2D eigenvalue weighted by molar-refractivity contribution is 0.0913. The molecule has 1 aromatic carbocycles. The van der Waals surface area contributed by atoms with Crippen molar-refractivity contribution >= 4 is 21.8 Å². The minimum atomic E-state index is -0.0383. The third-order valence-corrected chi connectivity index (χ3v) is 4.06. The number of carbonyl (C=O) groups excluding carboxylic acids is 1. The van der Waals surface area contributed by atoms with Crippen molar-refractivity contribution in [3.8, 4) is 5.75 Å². The molecule has 0 spiro atoms. The van der Waals surface area contributed by atoms with Gasteiger partial charge in [0.15, 0.2) is 0 Å². The van der Waals surface area contributed by atoms with Gasteiger partial charge in [-0.15, -0.1) is 0 Å². The molecule has 0 bridgehead atoms. The molecule has 2 N–H and O–H groups in total. The molecule has 2 rings (SSSR count). The molecule has 1 aliphatic rings. The topological polar surface area (TPSA) is 50.4 Å². The Morgan fingerprint density at radius 2 is 2.19 bits per heavy atom. The molecular formula is C16H23BrN2O2. The van der Waals surface area contributed by atoms with Crippen LogP contribution < -0.4 is 15.4 Å². The van der Waals surface area contributed by atoms with E-state index in [1.165, 1.54) is 0 Å². The smallest absolute Gasteiger partial charge is 0.251 e. The van der Waals surface area contributed by atoms with E-state index in [1.807, 2.05) is 26.0 Å². The molecule has 1 fully saturated rings. The Kier molecular flexibility index (Phi) is 5.65. The summed E-state index contributed by atoms with van der Waals surface area (Å²) in [5.41, 5.74) is 0.630. The van der Waals surface area contributed by atoms with Crippen molar-refractivity contribution in [2.45, 2.75) is 39.3 Å². The fourth-order valence-corrected chi connectivity index (χ4v) is 2.99. The monoisotopic (exact) mass is 354 g/mol. The molecule has 4 nitrogen and oxygen atoms in total. The Balaban J connectivity index is 2.09. The summed E-state index contributed by atoms with van der Waals surface area (Å²) in [4.78, 5) is 12.4. The second-order valence-electron chi connectivity index (χ2n) is 5.89. The second kappa shape index (κ2) is 7.27. The number of carbonyl (C=O) groups is 1. The Labute approximate surface area is 134 Å². The van der Waals surface area contributed by atoms with Crippen molar-refractivity contribution < 1.29 is 9.53 Å². The van der Waals surface area contributed by atoms with Crippen LogP contribution in [-0.4, -0.2) is 31.1 Å². The van der Waals surface area contributed by atoms with Crippen LogP contribution in [0, 0.1) is 5.92 Å². The van der Waals surface area contributed by atoms with Crippen LogP contribution in [0.4, 0.5) is 0 Å². The number of piperidine rings is 1. The summed E-state index contributed by atoms with van der Waals surface area (Å²) in [6.45, 7) is 8.00. The first-order chi connectivity index (χ1) is 9.95. The second-order valence-corrected chi connectivity index (χ2v) is 6.81. The lowest BCUT2D eigenvalue weighted by Crippen LogP contribution is -2.48. The van der Waals surface area contributed by atoms with Gasteiger partial charge in [-0.2, -0.15) is 0 Å². The van der Waals surface area contributed by atoms with Crippen molar-refractivity contribution in [2.24, 2.45) is 5.92 Å². The van der Waals surface area contributed by atoms with E-state index in [1.54, 1.807) is 6.07 Å². The number of nitrogens with one attached hydrogen (secondary N) is 2. The highest BCUT2D eigenvalue weighted by atomic mass is 79.9. The molecule has 5 heteroatoms. The van der Waals surface area contributed by atoms with Crippen LogP contribution in [0.15, 0.2) is 22.7 Å². The maximum atomic E-state index is 12.4. The largest absolute Gasteiger partial charge is 0.491 e. The molecule has 0 aliphatic carbocycles. The molecule has 1 heterocycles. The molecule has 0 saturated carbocycles. The van der Waals surface area contributed by atoms with Crippen molar-refractivity contribution in [1.82, 2.24) is 10.6 Å². The van der Waals surface area contributed by atoms with E-state index in [9.17, 15) is 4.79 Å². The van der Waals surface area contributed by atoms with Gasteiger partial charge in [0.2, 0.25) is 0 Å². The van der Waals surface area contributed by atoms with Crippen LogP contribution in [0.5, 0.6) is 5.75 Å². The first-order valence-corrected chi connectivity index (χ1v) is 8.24. The van der Waals surface area contributed by atoms with E-state index in [-0.39, 0.29) is 18.1 Å². The molecule has 2 unspecified atom stereocenters. The van der Waals surface area contributed by atoms with Crippen LogP contribution in [0.1, 0.15) is 37.6 Å². The molecule has 0 aromatic heterocycles. The van der Waals surface area contributed by atoms with Crippen LogP contribution in [0.25, 0.3) is 0 Å². The van der Waals surface area contributed by atoms with Crippen molar-refractivity contribution in [2.75, 3.05) is 13.1 Å². The predicted molar refractivity (Wildman–Crippen MR) is 87.8 cm³/mol. The number of amides is 1. The number of hydrogen-bond donors (Lipinski definition) is 2. The average Bonchev–Trinajstić information content (AvgIpc) is 2.40. The fourth-order valence-electron chi connectivity index (χ4n) is 2.51. The van der Waals surface area contributed by atoms with Gasteiger partial charge in [-0.1, -0.05) is 22.9 Å². The predicted octanol–water partition coefficient (Wildman–Crippen LogP) is 2.96. The molecule has 1 saturated heterocycles. The zero-order valence-electron chi connectivity index (χ0n) is 12.8. The van der Waals surface area contributed by atoms with Crippen LogP contribution in [0.2, 0.25) is 0 Å². The van der Waals surface area contributed by atoms with E-state index < -0.39 is 0 Å². The number of ether oxygens (including phenoxy) is 1. The average molecular weight is 355 g/mol. The normalized spacial score (nSPS) is 22.1. The van der Waals surface area contributed by atoms with E-state index in [0.717, 1.165) is 24.0 Å². The zero-order chi connectivity index (χ0) is 15.4. The summed E-state index contributed by atoms with van der Waals surface area (Å²) in [5, 5.41) is 6.48. The first-order valence-electron chi connectivity index (χ1n) is 7.44.